The second-order valence-corrected chi connectivity index (χ2v) is 26.6. The first-order valence-electron chi connectivity index (χ1n) is 26.3. The number of fused-ring (bicyclic) bond motifs is 6. The van der Waals surface area contributed by atoms with Gasteiger partial charge in [0.2, 0.25) is 0 Å². The van der Waals surface area contributed by atoms with Crippen LogP contribution in [-0.4, -0.2) is 6.71 Å². The lowest BCUT2D eigenvalue weighted by Gasteiger charge is -2.48. The van der Waals surface area contributed by atoms with Gasteiger partial charge in [0.05, 0.1) is 5.69 Å². The van der Waals surface area contributed by atoms with Crippen LogP contribution in [0.2, 0.25) is 0 Å². The van der Waals surface area contributed by atoms with Gasteiger partial charge in [0.25, 0.3) is 6.71 Å². The Morgan fingerprint density at radius 3 is 1.63 bits per heavy atom. The van der Waals surface area contributed by atoms with Crippen molar-refractivity contribution < 1.29 is 0 Å². The zero-order valence-electron chi connectivity index (χ0n) is 45.2. The number of rotatable bonds is 4. The summed E-state index contributed by atoms with van der Waals surface area (Å²) in [4.78, 5) is 5.37. The molecule has 0 N–H and O–H groups in total. The summed E-state index contributed by atoms with van der Waals surface area (Å²) in [5, 5.41) is 0. The summed E-state index contributed by atoms with van der Waals surface area (Å²) in [5.41, 5.74) is 28.2. The number of hydrogen-bond donors (Lipinski definition) is 0. The monoisotopic (exact) mass is 919 g/mol. The fourth-order valence-corrected chi connectivity index (χ4v) is 13.4. The number of aryl methyl sites for hydroxylation is 2. The van der Waals surface area contributed by atoms with Crippen LogP contribution in [0.4, 0.5) is 34.1 Å². The molecule has 0 bridgehead atoms. The molecule has 356 valence electrons. The number of hydrogen-bond acceptors (Lipinski definition) is 2. The summed E-state index contributed by atoms with van der Waals surface area (Å²) in [6.45, 7) is 38.5. The van der Waals surface area contributed by atoms with Crippen molar-refractivity contribution in [2.75, 3.05) is 9.80 Å². The molecular weight excluding hydrogens is 844 g/mol. The smallest absolute Gasteiger partial charge is 0.252 e. The minimum Gasteiger partial charge on any atom is -0.311 e. The molecule has 0 amide bonds. The Morgan fingerprint density at radius 1 is 0.414 bits per heavy atom. The van der Waals surface area contributed by atoms with Crippen molar-refractivity contribution in [2.45, 2.75) is 163 Å². The molecule has 0 atom stereocenters. The summed E-state index contributed by atoms with van der Waals surface area (Å²) in [5.74, 6) is 0. The van der Waals surface area contributed by atoms with Crippen molar-refractivity contribution in [2.24, 2.45) is 0 Å². The Balaban J connectivity index is 1.27. The van der Waals surface area contributed by atoms with Gasteiger partial charge in [0.15, 0.2) is 0 Å². The van der Waals surface area contributed by atoms with E-state index in [1.54, 1.807) is 0 Å². The van der Waals surface area contributed by atoms with Crippen molar-refractivity contribution >= 4 is 57.2 Å². The Hall–Kier alpha value is -5.80. The minimum atomic E-state index is -0.0321. The highest BCUT2D eigenvalue weighted by atomic mass is 15.2. The zero-order valence-corrected chi connectivity index (χ0v) is 45.2. The Kier molecular flexibility index (Phi) is 10.2. The van der Waals surface area contributed by atoms with Gasteiger partial charge in [-0.15, -0.1) is 0 Å². The lowest BCUT2D eigenvalue weighted by atomic mass is 9.33. The lowest BCUT2D eigenvalue weighted by molar-refractivity contribution is 0.332. The summed E-state index contributed by atoms with van der Waals surface area (Å²) in [6, 6.07) is 50.8. The largest absolute Gasteiger partial charge is 0.311 e. The van der Waals surface area contributed by atoms with Gasteiger partial charge in [0.1, 0.15) is 0 Å². The van der Waals surface area contributed by atoms with Crippen molar-refractivity contribution in [3.8, 4) is 22.3 Å². The third-order valence-electron chi connectivity index (χ3n) is 17.4. The summed E-state index contributed by atoms with van der Waals surface area (Å²) in [7, 11) is 0. The maximum atomic E-state index is 2.72. The van der Waals surface area contributed by atoms with E-state index in [9.17, 15) is 0 Å². The summed E-state index contributed by atoms with van der Waals surface area (Å²) >= 11 is 0. The highest BCUT2D eigenvalue weighted by molar-refractivity contribution is 7.00. The molecule has 3 heteroatoms. The van der Waals surface area contributed by atoms with Crippen LogP contribution in [-0.2, 0) is 32.5 Å². The van der Waals surface area contributed by atoms with Crippen molar-refractivity contribution in [3.05, 3.63) is 172 Å². The SMILES string of the molecule is Cc1cc2c3c(c1)N(c1ccc(C(C)(C)C)cc1-c1ccc4c(c1)C(C)(C)CC4(C)C)c1cc4c(cc1B3c1ccc(-c3ccccc3)cc1N2c1cc(C(C)(C)C)ccc1C)C(C)(C)CCC4(C)C. The lowest BCUT2D eigenvalue weighted by Crippen LogP contribution is -2.62. The summed E-state index contributed by atoms with van der Waals surface area (Å²) in [6.07, 6.45) is 3.47. The first kappa shape index (κ1) is 46.6. The molecule has 7 aromatic rings. The van der Waals surface area contributed by atoms with E-state index in [1.807, 2.05) is 0 Å². The van der Waals surface area contributed by atoms with Gasteiger partial charge < -0.3 is 9.80 Å². The van der Waals surface area contributed by atoms with E-state index in [4.69, 9.17) is 0 Å². The molecule has 2 nitrogen and oxygen atoms in total. The topological polar surface area (TPSA) is 6.48 Å². The van der Waals surface area contributed by atoms with E-state index in [0.29, 0.717) is 0 Å². The molecule has 4 aliphatic rings. The maximum Gasteiger partial charge on any atom is 0.252 e. The van der Waals surface area contributed by atoms with Crippen LogP contribution in [0, 0.1) is 13.8 Å². The molecule has 7 aromatic carbocycles. The fraction of sp³-hybridized carbons (Fsp3) is 0.373. The third-order valence-corrected chi connectivity index (χ3v) is 17.4. The molecule has 2 aliphatic carbocycles. The second-order valence-electron chi connectivity index (χ2n) is 26.6. The Labute approximate surface area is 421 Å². The molecule has 0 saturated carbocycles. The standard InChI is InChI=1S/C67H75BN2/c1-41-32-59-61-60(33-41)70(56-37-47(63(6,7)8)25-22-42(56)2)57-35-44(43-20-18-17-19-21-43)24-28-53(57)68(61)54-38-51-52(65(11,12)31-30-64(51,9)10)39-58(54)69(59)55-29-26-46(62(3,4)5)36-48(55)45-23-27-49-50(34-45)67(15,16)40-66(49,13)14/h17-29,32-39H,30-31,40H2,1-16H3. The molecule has 2 aliphatic heterocycles. The highest BCUT2D eigenvalue weighted by Crippen LogP contribution is 2.54. The van der Waals surface area contributed by atoms with Gasteiger partial charge in [-0.05, 0) is 186 Å². The van der Waals surface area contributed by atoms with Crippen LogP contribution in [0.15, 0.2) is 127 Å². The van der Waals surface area contributed by atoms with Gasteiger partial charge in [-0.1, -0.05) is 182 Å². The third kappa shape index (κ3) is 7.26. The molecule has 0 fully saturated rings. The van der Waals surface area contributed by atoms with Crippen LogP contribution in [0.5, 0.6) is 0 Å². The molecule has 0 aromatic heterocycles. The number of anilines is 6. The molecular formula is C67H75BN2. The van der Waals surface area contributed by atoms with Crippen molar-refractivity contribution in [3.63, 3.8) is 0 Å². The van der Waals surface area contributed by atoms with Gasteiger partial charge in [-0.3, -0.25) is 0 Å². The van der Waals surface area contributed by atoms with Gasteiger partial charge in [0, 0.05) is 34.0 Å². The van der Waals surface area contributed by atoms with E-state index in [0.717, 1.165) is 12.8 Å². The van der Waals surface area contributed by atoms with Gasteiger partial charge >= 0.3 is 0 Å². The van der Waals surface area contributed by atoms with E-state index in [1.165, 1.54) is 124 Å². The van der Waals surface area contributed by atoms with Gasteiger partial charge in [-0.25, -0.2) is 0 Å². The predicted molar refractivity (Wildman–Crippen MR) is 304 cm³/mol. The molecule has 0 radical (unpaired) electrons. The van der Waals surface area contributed by atoms with Crippen LogP contribution < -0.4 is 26.2 Å². The second kappa shape index (κ2) is 15.4. The van der Waals surface area contributed by atoms with Crippen LogP contribution >= 0.6 is 0 Å². The maximum absolute atomic E-state index is 2.72. The first-order chi connectivity index (χ1) is 32.7. The first-order valence-corrected chi connectivity index (χ1v) is 26.3. The normalized spacial score (nSPS) is 17.9. The average Bonchev–Trinajstić information content (AvgIpc) is 3.48. The minimum absolute atomic E-state index is 0.0188. The van der Waals surface area contributed by atoms with Crippen molar-refractivity contribution in [1.29, 1.82) is 0 Å². The van der Waals surface area contributed by atoms with Crippen molar-refractivity contribution in [1.82, 2.24) is 0 Å². The molecule has 11 rings (SSSR count). The van der Waals surface area contributed by atoms with Crippen LogP contribution in [0.25, 0.3) is 22.3 Å². The number of nitrogens with zero attached hydrogens (tertiary/aromatic N) is 2. The van der Waals surface area contributed by atoms with Crippen LogP contribution in [0.3, 0.4) is 0 Å². The van der Waals surface area contributed by atoms with E-state index in [-0.39, 0.29) is 39.2 Å². The van der Waals surface area contributed by atoms with Crippen LogP contribution in [0.1, 0.15) is 161 Å². The number of benzene rings is 7. The zero-order chi connectivity index (χ0) is 49.8. The quantitative estimate of drug-likeness (QED) is 0.162. The van der Waals surface area contributed by atoms with Gasteiger partial charge in [-0.2, -0.15) is 0 Å². The molecule has 70 heavy (non-hydrogen) atoms. The van der Waals surface area contributed by atoms with E-state index >= 15 is 0 Å². The van der Waals surface area contributed by atoms with E-state index < -0.39 is 0 Å². The Morgan fingerprint density at radius 2 is 0.971 bits per heavy atom. The predicted octanol–water partition coefficient (Wildman–Crippen LogP) is 16.6. The summed E-state index contributed by atoms with van der Waals surface area (Å²) < 4.78 is 0. The van der Waals surface area contributed by atoms with E-state index in [2.05, 4.69) is 248 Å². The highest BCUT2D eigenvalue weighted by Gasteiger charge is 2.48. The molecule has 0 spiro atoms. The Bertz CT molecular complexity index is 3290. The molecule has 0 unspecified atom stereocenters. The molecule has 0 saturated heterocycles. The molecule has 2 heterocycles. The average molecular weight is 919 g/mol. The fourth-order valence-electron chi connectivity index (χ4n) is 13.4.